The maximum absolute atomic E-state index is 11.7. The zero-order chi connectivity index (χ0) is 12.9. The van der Waals surface area contributed by atoms with Gasteiger partial charge in [-0.2, -0.15) is 0 Å². The highest BCUT2D eigenvalue weighted by atomic mass is 32.2. The summed E-state index contributed by atoms with van der Waals surface area (Å²) in [6.45, 7) is 0. The number of hydrogen-bond donors (Lipinski definition) is 0. The summed E-state index contributed by atoms with van der Waals surface area (Å²) in [5.74, 6) is 0.116. The first kappa shape index (κ1) is 14.4. The molecular weight excluding hydrogens is 240 g/mol. The van der Waals surface area contributed by atoms with E-state index in [9.17, 15) is 13.2 Å². The molecule has 1 saturated carbocycles. The van der Waals surface area contributed by atoms with Gasteiger partial charge in [0, 0.05) is 25.7 Å². The van der Waals surface area contributed by atoms with Crippen molar-refractivity contribution in [3.63, 3.8) is 0 Å². The molecule has 0 aromatic heterocycles. The van der Waals surface area contributed by atoms with Gasteiger partial charge in [0.05, 0.1) is 11.9 Å². The normalized spacial score (nSPS) is 24.1. The van der Waals surface area contributed by atoms with Crippen molar-refractivity contribution >= 4 is 15.6 Å². The fourth-order valence-electron chi connectivity index (χ4n) is 2.10. The summed E-state index contributed by atoms with van der Waals surface area (Å²) in [4.78, 5) is 11.7. The van der Waals surface area contributed by atoms with Crippen molar-refractivity contribution in [1.29, 1.82) is 0 Å². The summed E-state index contributed by atoms with van der Waals surface area (Å²) in [5.41, 5.74) is 0. The quantitative estimate of drug-likeness (QED) is 0.700. The van der Waals surface area contributed by atoms with E-state index in [2.05, 4.69) is 0 Å². The molecule has 0 saturated heterocycles. The lowest BCUT2D eigenvalue weighted by Gasteiger charge is -2.25. The smallest absolute Gasteiger partial charge is 0.150 e. The van der Waals surface area contributed by atoms with Crippen LogP contribution in [0.1, 0.15) is 25.7 Å². The third-order valence-electron chi connectivity index (χ3n) is 3.00. The van der Waals surface area contributed by atoms with Gasteiger partial charge in [-0.3, -0.25) is 4.79 Å². The Morgan fingerprint density at radius 1 is 1.47 bits per heavy atom. The zero-order valence-electron chi connectivity index (χ0n) is 10.4. The van der Waals surface area contributed by atoms with E-state index >= 15 is 0 Å². The van der Waals surface area contributed by atoms with Crippen LogP contribution >= 0.6 is 0 Å². The Balaban J connectivity index is 2.61. The van der Waals surface area contributed by atoms with Crippen LogP contribution in [0, 0.1) is 5.92 Å². The van der Waals surface area contributed by atoms with Gasteiger partial charge >= 0.3 is 0 Å². The number of carbonyl (C=O) groups is 1. The monoisotopic (exact) mass is 260 g/mol. The molecule has 0 heterocycles. The zero-order valence-corrected chi connectivity index (χ0v) is 11.2. The molecule has 98 valence electrons. The molecule has 1 aliphatic carbocycles. The van der Waals surface area contributed by atoms with Crippen molar-refractivity contribution < 1.29 is 17.9 Å². The summed E-state index contributed by atoms with van der Waals surface area (Å²) >= 11 is 0. The molecule has 0 aromatic carbocycles. The molecule has 0 N–H and O–H groups in total. The van der Waals surface area contributed by atoms with E-state index in [4.69, 9.17) is 4.74 Å². The lowest BCUT2D eigenvalue weighted by atomic mass is 9.84. The van der Waals surface area contributed by atoms with Crippen LogP contribution in [0.3, 0.4) is 0 Å². The van der Waals surface area contributed by atoms with Crippen molar-refractivity contribution in [3.8, 4) is 0 Å². The van der Waals surface area contributed by atoms with Crippen LogP contribution < -0.4 is 0 Å². The molecule has 4 nitrogen and oxygen atoms in total. The first-order chi connectivity index (χ1) is 7.94. The molecule has 0 aliphatic heterocycles. The number of Topliss-reactive ketones (excluding diaryl/α,β-unsaturated/α-hetero) is 1. The topological polar surface area (TPSA) is 60.4 Å². The summed E-state index contributed by atoms with van der Waals surface area (Å²) in [7, 11) is -1.45. The largest absolute Gasteiger partial charge is 0.377 e. The molecule has 0 spiro atoms. The Kier molecular flexibility index (Phi) is 5.33. The Hall–Kier alpha value is -0.680. The molecule has 0 radical (unpaired) electrons. The van der Waals surface area contributed by atoms with Crippen LogP contribution in [-0.2, 0) is 19.4 Å². The maximum atomic E-state index is 11.7. The number of ketones is 1. The number of sulfone groups is 1. The summed E-state index contributed by atoms with van der Waals surface area (Å²) in [6.07, 6.45) is 7.62. The van der Waals surface area contributed by atoms with E-state index in [1.807, 2.05) is 0 Å². The van der Waals surface area contributed by atoms with Crippen LogP contribution in [0.2, 0.25) is 0 Å². The molecule has 2 atom stereocenters. The first-order valence-electron chi connectivity index (χ1n) is 5.84. The van der Waals surface area contributed by atoms with Gasteiger partial charge in [-0.15, -0.1) is 0 Å². The molecule has 1 fully saturated rings. The summed E-state index contributed by atoms with van der Waals surface area (Å²) in [6, 6.07) is 0. The fraction of sp³-hybridized carbons (Fsp3) is 0.750. The van der Waals surface area contributed by atoms with E-state index in [0.717, 1.165) is 19.3 Å². The van der Waals surface area contributed by atoms with Crippen molar-refractivity contribution in [2.45, 2.75) is 31.8 Å². The number of ether oxygens (including phenoxy) is 1. The van der Waals surface area contributed by atoms with Crippen LogP contribution in [0.25, 0.3) is 0 Å². The second kappa shape index (κ2) is 6.31. The minimum atomic E-state index is -3.00. The van der Waals surface area contributed by atoms with Crippen molar-refractivity contribution in [3.05, 3.63) is 12.2 Å². The average molecular weight is 260 g/mol. The number of hydrogen-bond acceptors (Lipinski definition) is 4. The van der Waals surface area contributed by atoms with Crippen LogP contribution in [0.4, 0.5) is 0 Å². The third kappa shape index (κ3) is 5.00. The maximum Gasteiger partial charge on any atom is 0.150 e. The second-order valence-electron chi connectivity index (χ2n) is 4.54. The first-order valence-corrected chi connectivity index (χ1v) is 7.90. The van der Waals surface area contributed by atoms with Crippen molar-refractivity contribution in [1.82, 2.24) is 0 Å². The molecular formula is C12H20O4S. The summed E-state index contributed by atoms with van der Waals surface area (Å²) in [5, 5.41) is 0. The van der Waals surface area contributed by atoms with Gasteiger partial charge in [0.25, 0.3) is 0 Å². The predicted octanol–water partition coefficient (Wildman–Crippen LogP) is 1.36. The number of rotatable bonds is 5. The van der Waals surface area contributed by atoms with Crippen LogP contribution in [0.15, 0.2) is 12.2 Å². The lowest BCUT2D eigenvalue weighted by molar-refractivity contribution is -0.128. The highest BCUT2D eigenvalue weighted by molar-refractivity contribution is 7.90. The van der Waals surface area contributed by atoms with Gasteiger partial charge in [0.15, 0.2) is 9.84 Å². The average Bonchev–Trinajstić information content (AvgIpc) is 2.24. The van der Waals surface area contributed by atoms with E-state index in [0.29, 0.717) is 6.42 Å². The van der Waals surface area contributed by atoms with E-state index in [1.165, 1.54) is 6.26 Å². The van der Waals surface area contributed by atoms with E-state index in [1.54, 1.807) is 19.3 Å². The Bertz CT molecular complexity index is 383. The van der Waals surface area contributed by atoms with Crippen molar-refractivity contribution in [2.75, 3.05) is 19.1 Å². The fourth-order valence-corrected chi connectivity index (χ4v) is 2.56. The third-order valence-corrected chi connectivity index (χ3v) is 3.79. The van der Waals surface area contributed by atoms with Gasteiger partial charge in [0.2, 0.25) is 0 Å². The lowest BCUT2D eigenvalue weighted by Crippen LogP contribution is -2.31. The molecule has 0 aromatic rings. The molecule has 0 unspecified atom stereocenters. The Morgan fingerprint density at radius 2 is 2.18 bits per heavy atom. The van der Waals surface area contributed by atoms with Gasteiger partial charge in [-0.1, -0.05) is 18.6 Å². The minimum absolute atomic E-state index is 0.00618. The summed E-state index contributed by atoms with van der Waals surface area (Å²) < 4.78 is 27.2. The van der Waals surface area contributed by atoms with Crippen LogP contribution in [0.5, 0.6) is 0 Å². The van der Waals surface area contributed by atoms with Crippen molar-refractivity contribution in [2.24, 2.45) is 5.92 Å². The standard InChI is InChI=1S/C12H20O4S/c1-16-12(8-5-9-17(2,14)15)10-6-3-4-7-11(10)13/h5,8,10,12H,3-4,6-7,9H2,1-2H3/b8-5-/t10-,12+/m0/s1. The molecule has 17 heavy (non-hydrogen) atoms. The second-order valence-corrected chi connectivity index (χ2v) is 6.72. The van der Waals surface area contributed by atoms with Gasteiger partial charge in [-0.05, 0) is 12.8 Å². The van der Waals surface area contributed by atoms with E-state index in [-0.39, 0.29) is 23.6 Å². The predicted molar refractivity (Wildman–Crippen MR) is 66.6 cm³/mol. The highest BCUT2D eigenvalue weighted by Gasteiger charge is 2.28. The molecule has 0 amide bonds. The SMILES string of the molecule is CO[C@H](/C=C\CS(C)(=O)=O)[C@H]1CCCCC1=O. The van der Waals surface area contributed by atoms with Gasteiger partial charge in [-0.25, -0.2) is 8.42 Å². The van der Waals surface area contributed by atoms with Gasteiger partial charge < -0.3 is 4.74 Å². The Morgan fingerprint density at radius 3 is 2.71 bits per heavy atom. The Labute approximate surface area is 103 Å². The number of methoxy groups -OCH3 is 1. The van der Waals surface area contributed by atoms with Gasteiger partial charge in [0.1, 0.15) is 5.78 Å². The molecule has 1 aliphatic rings. The highest BCUT2D eigenvalue weighted by Crippen LogP contribution is 2.25. The molecule has 5 heteroatoms. The molecule has 0 bridgehead atoms. The number of carbonyl (C=O) groups excluding carboxylic acids is 1. The van der Waals surface area contributed by atoms with E-state index < -0.39 is 9.84 Å². The minimum Gasteiger partial charge on any atom is -0.377 e. The molecule has 1 rings (SSSR count). The van der Waals surface area contributed by atoms with Crippen LogP contribution in [-0.4, -0.2) is 39.4 Å².